The number of hydrogen-bond donors (Lipinski definition) is 0. The van der Waals surface area contributed by atoms with E-state index in [1.54, 1.807) is 0 Å². The maximum absolute atomic E-state index is 12.7. The number of unbranched alkanes of at least 4 members (excludes halogenated alkanes) is 2. The van der Waals surface area contributed by atoms with Crippen LogP contribution in [0.5, 0.6) is 0 Å². The van der Waals surface area contributed by atoms with E-state index in [0.717, 1.165) is 12.8 Å². The molecule has 2 amide bonds. The number of amides is 2. The van der Waals surface area contributed by atoms with Crippen molar-refractivity contribution in [1.29, 1.82) is 0 Å². The van der Waals surface area contributed by atoms with E-state index < -0.39 is 37.7 Å². The van der Waals surface area contributed by atoms with Crippen molar-refractivity contribution in [3.8, 4) is 0 Å². The van der Waals surface area contributed by atoms with Gasteiger partial charge in [0, 0.05) is 0 Å². The quantitative estimate of drug-likeness (QED) is 0.347. The summed E-state index contributed by atoms with van der Waals surface area (Å²) < 4.78 is -1.91. The molecular weight excluding hydrogens is 443 g/mol. The highest BCUT2D eigenvalue weighted by Crippen LogP contribution is 2.77. The average Bonchev–Trinajstić information content (AvgIpc) is 2.90. The first-order valence-corrected chi connectivity index (χ1v) is 9.67. The fourth-order valence-electron chi connectivity index (χ4n) is 3.60. The second-order valence-electron chi connectivity index (χ2n) is 6.09. The molecule has 1 heterocycles. The maximum Gasteiger partial charge on any atom is 0.259 e. The summed E-state index contributed by atoms with van der Waals surface area (Å²) in [5.74, 6) is -3.60. The molecule has 1 aliphatic heterocycles. The van der Waals surface area contributed by atoms with Crippen LogP contribution in [0.3, 0.4) is 0 Å². The molecule has 4 nitrogen and oxygen atoms in total. The lowest BCUT2D eigenvalue weighted by molar-refractivity contribution is -0.190. The van der Waals surface area contributed by atoms with Gasteiger partial charge in [0.15, 0.2) is 4.33 Å². The van der Waals surface area contributed by atoms with E-state index in [9.17, 15) is 9.59 Å². The van der Waals surface area contributed by atoms with Gasteiger partial charge in [0.1, 0.15) is 9.75 Å². The van der Waals surface area contributed by atoms with Crippen LogP contribution in [0.15, 0.2) is 10.1 Å². The predicted molar refractivity (Wildman–Crippen MR) is 94.6 cm³/mol. The molecule has 2 bridgehead atoms. The van der Waals surface area contributed by atoms with Crippen LogP contribution >= 0.6 is 69.6 Å². The number of fused-ring (bicyclic) bond motifs is 5. The maximum atomic E-state index is 12.7. The zero-order valence-electron chi connectivity index (χ0n) is 12.4. The molecule has 0 radical (unpaired) electrons. The van der Waals surface area contributed by atoms with E-state index in [-0.39, 0.29) is 16.7 Å². The first-order chi connectivity index (χ1) is 11.1. The molecule has 1 saturated carbocycles. The minimum atomic E-state index is -1.91. The molecule has 0 aromatic heterocycles. The van der Waals surface area contributed by atoms with Gasteiger partial charge in [-0.1, -0.05) is 66.2 Å². The van der Waals surface area contributed by atoms with Crippen LogP contribution < -0.4 is 0 Å². The molecule has 2 fully saturated rings. The van der Waals surface area contributed by atoms with Crippen LogP contribution in [0.2, 0.25) is 0 Å². The van der Waals surface area contributed by atoms with E-state index in [4.69, 9.17) is 74.4 Å². The normalized spacial score (nSPS) is 40.0. The fourth-order valence-corrected chi connectivity index (χ4v) is 6.53. The molecule has 0 aromatic rings. The first kappa shape index (κ1) is 19.3. The van der Waals surface area contributed by atoms with Gasteiger partial charge in [0.25, 0.3) is 11.8 Å². The number of hydrogen-bond acceptors (Lipinski definition) is 3. The van der Waals surface area contributed by atoms with Crippen molar-refractivity contribution < 1.29 is 14.4 Å². The lowest BCUT2D eigenvalue weighted by Gasteiger charge is -2.34. The third-order valence-corrected chi connectivity index (χ3v) is 9.10. The smallest absolute Gasteiger partial charge is 0.259 e. The Bertz CT molecular complexity index is 606. The number of allylic oxidation sites excluding steroid dienone is 2. The van der Waals surface area contributed by atoms with Gasteiger partial charge in [-0.15, -0.1) is 23.2 Å². The van der Waals surface area contributed by atoms with Crippen LogP contribution in [-0.4, -0.2) is 37.6 Å². The van der Waals surface area contributed by atoms with E-state index in [0.29, 0.717) is 11.5 Å². The topological polar surface area (TPSA) is 46.6 Å². The number of carbonyl (C=O) groups is 2. The molecule has 1 saturated heterocycles. The Balaban J connectivity index is 1.97. The van der Waals surface area contributed by atoms with Crippen molar-refractivity contribution in [3.63, 3.8) is 0 Å². The molecule has 0 N–H and O–H groups in total. The van der Waals surface area contributed by atoms with Gasteiger partial charge in [-0.3, -0.25) is 14.4 Å². The summed E-state index contributed by atoms with van der Waals surface area (Å²) in [6.45, 7) is 2.25. The monoisotopic (exact) mass is 453 g/mol. The number of imide groups is 1. The van der Waals surface area contributed by atoms with Gasteiger partial charge in [-0.2, -0.15) is 5.06 Å². The SMILES string of the molecule is CCCCCON1C(=O)[C@H]2[C@H](C1=O)[C@@]1(Cl)C(Cl)=C(Cl)[C@@]2(Cl)C1(Cl)Cl. The van der Waals surface area contributed by atoms with E-state index in [1.165, 1.54) is 0 Å². The number of hydroxylamine groups is 2. The third-order valence-electron chi connectivity index (χ3n) is 4.84. The van der Waals surface area contributed by atoms with E-state index >= 15 is 0 Å². The Kier molecular flexibility index (Phi) is 4.88. The van der Waals surface area contributed by atoms with Gasteiger partial charge in [-0.25, -0.2) is 0 Å². The van der Waals surface area contributed by atoms with Crippen LogP contribution in [0.25, 0.3) is 0 Å². The van der Waals surface area contributed by atoms with Gasteiger partial charge >= 0.3 is 0 Å². The van der Waals surface area contributed by atoms with Crippen LogP contribution in [0.1, 0.15) is 26.2 Å². The molecule has 10 heteroatoms. The van der Waals surface area contributed by atoms with Gasteiger partial charge < -0.3 is 0 Å². The van der Waals surface area contributed by atoms with Gasteiger partial charge in [-0.05, 0) is 6.42 Å². The number of halogens is 6. The van der Waals surface area contributed by atoms with Crippen LogP contribution in [0.4, 0.5) is 0 Å². The molecule has 0 spiro atoms. The summed E-state index contributed by atoms with van der Waals surface area (Å²) in [6, 6.07) is 0. The highest BCUT2D eigenvalue weighted by atomic mass is 35.5. The van der Waals surface area contributed by atoms with E-state index in [2.05, 4.69) is 0 Å². The Labute approximate surface area is 169 Å². The fraction of sp³-hybridized carbons (Fsp3) is 0.714. The van der Waals surface area contributed by atoms with Crippen LogP contribution in [0, 0.1) is 11.8 Å². The summed E-state index contributed by atoms with van der Waals surface area (Å²) in [5, 5.41) is 0.476. The van der Waals surface area contributed by atoms with Crippen molar-refractivity contribution in [1.82, 2.24) is 5.06 Å². The summed E-state index contributed by atoms with van der Waals surface area (Å²) in [7, 11) is 0. The van der Waals surface area contributed by atoms with Gasteiger partial charge in [0.2, 0.25) is 0 Å². The molecule has 24 heavy (non-hydrogen) atoms. The predicted octanol–water partition coefficient (Wildman–Crippen LogP) is 4.55. The Morgan fingerprint density at radius 3 is 1.83 bits per heavy atom. The van der Waals surface area contributed by atoms with Crippen molar-refractivity contribution in [2.75, 3.05) is 6.61 Å². The second-order valence-corrected chi connectivity index (χ2v) is 9.37. The summed E-state index contributed by atoms with van der Waals surface area (Å²) >= 11 is 38.2. The minimum Gasteiger partial charge on any atom is -0.272 e. The van der Waals surface area contributed by atoms with Crippen molar-refractivity contribution >= 4 is 81.4 Å². The van der Waals surface area contributed by atoms with Crippen molar-refractivity contribution in [3.05, 3.63) is 10.1 Å². The molecular formula is C14H13Cl6NO3. The van der Waals surface area contributed by atoms with Crippen LogP contribution in [-0.2, 0) is 14.4 Å². The second kappa shape index (κ2) is 6.05. The van der Waals surface area contributed by atoms with Crippen molar-refractivity contribution in [2.24, 2.45) is 11.8 Å². The zero-order chi connectivity index (χ0) is 18.1. The lowest BCUT2D eigenvalue weighted by Crippen LogP contribution is -2.50. The number of carbonyl (C=O) groups excluding carboxylic acids is 2. The van der Waals surface area contributed by atoms with E-state index in [1.807, 2.05) is 6.92 Å². The Morgan fingerprint density at radius 2 is 1.42 bits per heavy atom. The molecule has 2 aliphatic carbocycles. The number of nitrogens with zero attached hydrogens (tertiary/aromatic N) is 1. The summed E-state index contributed by atoms with van der Waals surface area (Å²) in [6.07, 6.45) is 2.59. The molecule has 0 unspecified atom stereocenters. The lowest BCUT2D eigenvalue weighted by atomic mass is 9.84. The first-order valence-electron chi connectivity index (χ1n) is 7.41. The standard InChI is InChI=1S/C14H13Cl6NO3/c1-2-3-4-5-24-21-10(22)6-7(11(21)23)13(18)9(16)8(15)12(6,17)14(13,19)20/h6-7H,2-5H2,1H3/t6-,7-,12-,13-/m1/s1. The Morgan fingerprint density at radius 1 is 0.958 bits per heavy atom. The zero-order valence-corrected chi connectivity index (χ0v) is 17.0. The molecule has 3 aliphatic rings. The summed E-state index contributed by atoms with van der Waals surface area (Å²) in [4.78, 5) is 27.2. The Hall–Kier alpha value is 0.580. The molecule has 0 aromatic carbocycles. The summed E-state index contributed by atoms with van der Waals surface area (Å²) in [5.41, 5.74) is 0. The number of alkyl halides is 4. The van der Waals surface area contributed by atoms with Crippen molar-refractivity contribution in [2.45, 2.75) is 40.3 Å². The van der Waals surface area contributed by atoms with Gasteiger partial charge in [0.05, 0.1) is 28.5 Å². The largest absolute Gasteiger partial charge is 0.272 e. The highest BCUT2D eigenvalue weighted by molar-refractivity contribution is 6.66. The minimum absolute atomic E-state index is 0.110. The third kappa shape index (κ3) is 2.00. The molecule has 134 valence electrons. The molecule has 3 rings (SSSR count). The average molecular weight is 456 g/mol. The number of rotatable bonds is 5. The molecule has 4 atom stereocenters. The highest BCUT2D eigenvalue weighted by Gasteiger charge is 2.87.